The molecule has 0 aromatic carbocycles. The topological polar surface area (TPSA) is 35.3 Å². The smallest absolute Gasteiger partial charge is 0.137 e. The first kappa shape index (κ1) is 9.71. The van der Waals surface area contributed by atoms with Crippen LogP contribution in [0.4, 0.5) is 0 Å². The van der Waals surface area contributed by atoms with Gasteiger partial charge >= 0.3 is 0 Å². The van der Waals surface area contributed by atoms with Gasteiger partial charge in [-0.2, -0.15) is 0 Å². The monoisotopic (exact) mass is 195 g/mol. The number of aryl methyl sites for hydroxylation is 1. The standard InChI is InChI=1S/C11H17NO2/c1-7(2)10-8(3)14-12-11(10)9-4-5-13-6-9/h7,9H,4-6H2,1-3H3. The van der Waals surface area contributed by atoms with Crippen LogP contribution < -0.4 is 0 Å². The third kappa shape index (κ3) is 1.57. The van der Waals surface area contributed by atoms with Crippen LogP contribution in [0.15, 0.2) is 4.52 Å². The van der Waals surface area contributed by atoms with Gasteiger partial charge in [-0.05, 0) is 19.3 Å². The van der Waals surface area contributed by atoms with Gasteiger partial charge in [0.25, 0.3) is 0 Å². The van der Waals surface area contributed by atoms with E-state index in [0.29, 0.717) is 11.8 Å². The molecule has 0 saturated carbocycles. The van der Waals surface area contributed by atoms with Gasteiger partial charge in [-0.25, -0.2) is 0 Å². The molecule has 3 heteroatoms. The lowest BCUT2D eigenvalue weighted by atomic mass is 9.93. The average molecular weight is 195 g/mol. The average Bonchev–Trinajstić information content (AvgIpc) is 2.70. The van der Waals surface area contributed by atoms with Crippen LogP contribution in [0, 0.1) is 6.92 Å². The van der Waals surface area contributed by atoms with Gasteiger partial charge in [0.05, 0.1) is 12.3 Å². The minimum absolute atomic E-state index is 0.449. The normalized spacial score (nSPS) is 22.1. The summed E-state index contributed by atoms with van der Waals surface area (Å²) in [5.41, 5.74) is 2.40. The lowest BCUT2D eigenvalue weighted by molar-refractivity contribution is 0.193. The van der Waals surface area contributed by atoms with Crippen LogP contribution in [0.5, 0.6) is 0 Å². The van der Waals surface area contributed by atoms with E-state index in [4.69, 9.17) is 9.26 Å². The third-order valence-corrected chi connectivity index (χ3v) is 2.83. The lowest BCUT2D eigenvalue weighted by Gasteiger charge is -2.09. The zero-order valence-corrected chi connectivity index (χ0v) is 9.04. The maximum atomic E-state index is 5.37. The van der Waals surface area contributed by atoms with Gasteiger partial charge in [0, 0.05) is 18.1 Å². The molecule has 2 rings (SSSR count). The largest absolute Gasteiger partial charge is 0.381 e. The molecule has 0 amide bonds. The summed E-state index contributed by atoms with van der Waals surface area (Å²) in [6.45, 7) is 8.00. The van der Waals surface area contributed by atoms with Crippen molar-refractivity contribution in [1.82, 2.24) is 5.16 Å². The molecule has 2 heterocycles. The fourth-order valence-electron chi connectivity index (χ4n) is 2.14. The van der Waals surface area contributed by atoms with Crippen LogP contribution in [0.3, 0.4) is 0 Å². The van der Waals surface area contributed by atoms with Gasteiger partial charge in [-0.15, -0.1) is 0 Å². The first-order valence-electron chi connectivity index (χ1n) is 5.24. The molecule has 1 fully saturated rings. The molecule has 78 valence electrons. The SMILES string of the molecule is Cc1onc(C2CCOC2)c1C(C)C. The highest BCUT2D eigenvalue weighted by Gasteiger charge is 2.26. The van der Waals surface area contributed by atoms with Crippen LogP contribution in [0.25, 0.3) is 0 Å². The summed E-state index contributed by atoms with van der Waals surface area (Å²) in [5, 5.41) is 4.16. The third-order valence-electron chi connectivity index (χ3n) is 2.83. The summed E-state index contributed by atoms with van der Waals surface area (Å²) in [4.78, 5) is 0. The van der Waals surface area contributed by atoms with Crippen molar-refractivity contribution < 1.29 is 9.26 Å². The summed E-state index contributed by atoms with van der Waals surface area (Å²) < 4.78 is 10.6. The predicted octanol–water partition coefficient (Wildman–Crippen LogP) is 2.61. The Morgan fingerprint density at radius 3 is 2.79 bits per heavy atom. The summed E-state index contributed by atoms with van der Waals surface area (Å²) in [7, 11) is 0. The number of hydrogen-bond acceptors (Lipinski definition) is 3. The molecule has 1 aromatic heterocycles. The van der Waals surface area contributed by atoms with Crippen molar-refractivity contribution in [3.63, 3.8) is 0 Å². The van der Waals surface area contributed by atoms with Crippen molar-refractivity contribution in [2.45, 2.75) is 39.0 Å². The molecule has 1 saturated heterocycles. The van der Waals surface area contributed by atoms with Gasteiger partial charge in [0.1, 0.15) is 5.76 Å². The molecule has 1 aliphatic heterocycles. The number of rotatable bonds is 2. The van der Waals surface area contributed by atoms with Crippen molar-refractivity contribution >= 4 is 0 Å². The Hall–Kier alpha value is -0.830. The van der Waals surface area contributed by atoms with Gasteiger partial charge in [0.2, 0.25) is 0 Å². The second-order valence-electron chi connectivity index (χ2n) is 4.25. The Labute approximate surface area is 84.4 Å². The Balaban J connectivity index is 2.32. The fourth-order valence-corrected chi connectivity index (χ4v) is 2.14. The zero-order valence-electron chi connectivity index (χ0n) is 9.04. The molecule has 0 bridgehead atoms. The van der Waals surface area contributed by atoms with E-state index in [1.54, 1.807) is 0 Å². The van der Waals surface area contributed by atoms with Crippen LogP contribution in [-0.4, -0.2) is 18.4 Å². The van der Waals surface area contributed by atoms with E-state index in [2.05, 4.69) is 19.0 Å². The highest BCUT2D eigenvalue weighted by molar-refractivity contribution is 5.28. The van der Waals surface area contributed by atoms with Crippen LogP contribution in [0.2, 0.25) is 0 Å². The van der Waals surface area contributed by atoms with Gasteiger partial charge in [0.15, 0.2) is 0 Å². The lowest BCUT2D eigenvalue weighted by Crippen LogP contribution is -2.03. The molecule has 0 radical (unpaired) electrons. The molecule has 0 aliphatic carbocycles. The van der Waals surface area contributed by atoms with E-state index in [9.17, 15) is 0 Å². The Morgan fingerprint density at radius 2 is 2.21 bits per heavy atom. The molecule has 3 nitrogen and oxygen atoms in total. The maximum absolute atomic E-state index is 5.37. The Morgan fingerprint density at radius 1 is 1.43 bits per heavy atom. The minimum Gasteiger partial charge on any atom is -0.381 e. The molecular formula is C11H17NO2. The van der Waals surface area contributed by atoms with Gasteiger partial charge in [-0.1, -0.05) is 19.0 Å². The molecule has 1 unspecified atom stereocenters. The van der Waals surface area contributed by atoms with E-state index < -0.39 is 0 Å². The summed E-state index contributed by atoms with van der Waals surface area (Å²) in [6, 6.07) is 0. The van der Waals surface area contributed by atoms with Crippen LogP contribution in [0.1, 0.15) is 49.1 Å². The second kappa shape index (κ2) is 3.73. The first-order chi connectivity index (χ1) is 6.70. The highest BCUT2D eigenvalue weighted by Crippen LogP contribution is 2.32. The van der Waals surface area contributed by atoms with Crippen LogP contribution in [-0.2, 0) is 4.74 Å². The summed E-state index contributed by atoms with van der Waals surface area (Å²) >= 11 is 0. The molecule has 0 spiro atoms. The number of ether oxygens (including phenoxy) is 1. The first-order valence-corrected chi connectivity index (χ1v) is 5.24. The van der Waals surface area contributed by atoms with Gasteiger partial charge < -0.3 is 9.26 Å². The quantitative estimate of drug-likeness (QED) is 0.727. The molecule has 1 aromatic rings. The predicted molar refractivity (Wildman–Crippen MR) is 53.5 cm³/mol. The summed E-state index contributed by atoms with van der Waals surface area (Å²) in [5.74, 6) is 1.89. The van der Waals surface area contributed by atoms with E-state index in [0.717, 1.165) is 31.1 Å². The molecule has 14 heavy (non-hydrogen) atoms. The van der Waals surface area contributed by atoms with E-state index in [1.165, 1.54) is 5.56 Å². The maximum Gasteiger partial charge on any atom is 0.137 e. The zero-order chi connectivity index (χ0) is 10.1. The highest BCUT2D eigenvalue weighted by atomic mass is 16.5. The molecule has 1 atom stereocenters. The van der Waals surface area contributed by atoms with Crippen molar-refractivity contribution in [3.05, 3.63) is 17.0 Å². The number of nitrogens with zero attached hydrogens (tertiary/aromatic N) is 1. The second-order valence-corrected chi connectivity index (χ2v) is 4.25. The molecular weight excluding hydrogens is 178 g/mol. The van der Waals surface area contributed by atoms with Crippen molar-refractivity contribution in [2.24, 2.45) is 0 Å². The molecule has 1 aliphatic rings. The van der Waals surface area contributed by atoms with Crippen molar-refractivity contribution in [1.29, 1.82) is 0 Å². The van der Waals surface area contributed by atoms with Gasteiger partial charge in [-0.3, -0.25) is 0 Å². The molecule has 0 N–H and O–H groups in total. The van der Waals surface area contributed by atoms with E-state index in [1.807, 2.05) is 6.92 Å². The van der Waals surface area contributed by atoms with E-state index in [-0.39, 0.29) is 0 Å². The van der Waals surface area contributed by atoms with E-state index >= 15 is 0 Å². The Kier molecular flexibility index (Phi) is 2.59. The minimum atomic E-state index is 0.449. The van der Waals surface area contributed by atoms with Crippen molar-refractivity contribution in [3.8, 4) is 0 Å². The number of aromatic nitrogens is 1. The van der Waals surface area contributed by atoms with Crippen LogP contribution >= 0.6 is 0 Å². The summed E-state index contributed by atoms with van der Waals surface area (Å²) in [6.07, 6.45) is 1.08. The number of hydrogen-bond donors (Lipinski definition) is 0. The Bertz CT molecular complexity index is 311. The fraction of sp³-hybridized carbons (Fsp3) is 0.727. The van der Waals surface area contributed by atoms with Crippen molar-refractivity contribution in [2.75, 3.05) is 13.2 Å².